The molecular formula is C16H25ClN4O. The van der Waals surface area contributed by atoms with Crippen molar-refractivity contribution in [1.82, 2.24) is 15.1 Å². The first-order valence-corrected chi connectivity index (χ1v) is 7.95. The molecule has 0 radical (unpaired) electrons. The average molecular weight is 325 g/mol. The number of amides is 1. The molecule has 1 aliphatic rings. The second-order valence-corrected chi connectivity index (χ2v) is 5.42. The van der Waals surface area contributed by atoms with Crippen LogP contribution in [0.5, 0.6) is 0 Å². The summed E-state index contributed by atoms with van der Waals surface area (Å²) in [7, 11) is 1.92. The highest BCUT2D eigenvalue weighted by molar-refractivity contribution is 6.35. The molecule has 2 aromatic rings. The molecule has 0 spiro atoms. The number of benzene rings is 1. The molecule has 0 atom stereocenters. The highest BCUT2D eigenvalue weighted by Crippen LogP contribution is 2.25. The van der Waals surface area contributed by atoms with Crippen molar-refractivity contribution in [2.75, 3.05) is 6.54 Å². The Bertz CT molecular complexity index is 620. The number of halogens is 1. The van der Waals surface area contributed by atoms with E-state index in [9.17, 15) is 4.79 Å². The molecule has 1 saturated carbocycles. The number of nitrogens with one attached hydrogen (secondary N) is 1. The molecule has 22 heavy (non-hydrogen) atoms. The van der Waals surface area contributed by atoms with Crippen LogP contribution < -0.4 is 11.1 Å². The van der Waals surface area contributed by atoms with E-state index in [1.165, 1.54) is 18.4 Å². The van der Waals surface area contributed by atoms with E-state index >= 15 is 0 Å². The van der Waals surface area contributed by atoms with E-state index in [4.69, 9.17) is 17.3 Å². The lowest BCUT2D eigenvalue weighted by Crippen LogP contribution is -2.29. The predicted octanol–water partition coefficient (Wildman–Crippen LogP) is 2.79. The molecular weight excluding hydrogens is 300 g/mol. The number of nitrogens with two attached hydrogens (primary N) is 1. The van der Waals surface area contributed by atoms with Gasteiger partial charge in [-0.2, -0.15) is 5.10 Å². The van der Waals surface area contributed by atoms with Gasteiger partial charge in [0.05, 0.1) is 23.3 Å². The minimum Gasteiger partial charge on any atom is -0.369 e. The van der Waals surface area contributed by atoms with E-state index in [0.29, 0.717) is 12.6 Å². The number of carbonyl (C=O) groups is 1. The number of fused-ring (bicyclic) bond motifs is 1. The molecule has 1 fully saturated rings. The normalized spacial score (nSPS) is 13.0. The van der Waals surface area contributed by atoms with Crippen LogP contribution in [0.2, 0.25) is 5.02 Å². The molecule has 6 heteroatoms. The van der Waals surface area contributed by atoms with Crippen LogP contribution in [0.1, 0.15) is 32.3 Å². The van der Waals surface area contributed by atoms with Crippen LogP contribution in [0.25, 0.3) is 10.9 Å². The number of carbonyl (C=O) groups excluding carboxylic acids is 1. The summed E-state index contributed by atoms with van der Waals surface area (Å²) in [5.41, 5.74) is 7.18. The SMILES string of the molecule is CC.Cc1ccc(Cl)c2cnn(C)c12.NC(=O)CNC1CC1. The number of primary amides is 1. The van der Waals surface area contributed by atoms with Crippen molar-refractivity contribution < 1.29 is 4.79 Å². The van der Waals surface area contributed by atoms with Gasteiger partial charge in [-0.05, 0) is 31.4 Å². The number of nitrogens with zero attached hydrogens (tertiary/aromatic N) is 2. The van der Waals surface area contributed by atoms with Gasteiger partial charge in [-0.25, -0.2) is 0 Å². The van der Waals surface area contributed by atoms with Crippen LogP contribution in [-0.4, -0.2) is 28.3 Å². The van der Waals surface area contributed by atoms with Gasteiger partial charge in [0.15, 0.2) is 0 Å². The highest BCUT2D eigenvalue weighted by Gasteiger charge is 2.20. The first-order valence-electron chi connectivity index (χ1n) is 7.57. The zero-order valence-corrected chi connectivity index (χ0v) is 14.4. The minimum atomic E-state index is -0.267. The third-order valence-electron chi connectivity index (χ3n) is 3.19. The Morgan fingerprint density at radius 3 is 2.59 bits per heavy atom. The fourth-order valence-corrected chi connectivity index (χ4v) is 2.18. The van der Waals surface area contributed by atoms with Gasteiger partial charge in [-0.1, -0.05) is 31.5 Å². The van der Waals surface area contributed by atoms with Crippen molar-refractivity contribution in [3.63, 3.8) is 0 Å². The van der Waals surface area contributed by atoms with Crippen molar-refractivity contribution in [2.24, 2.45) is 12.8 Å². The lowest BCUT2D eigenvalue weighted by molar-refractivity contribution is -0.117. The summed E-state index contributed by atoms with van der Waals surface area (Å²) in [6.45, 7) is 6.39. The molecule has 3 rings (SSSR count). The lowest BCUT2D eigenvalue weighted by Gasteiger charge is -1.99. The maximum absolute atomic E-state index is 10.1. The molecule has 1 heterocycles. The van der Waals surface area contributed by atoms with Gasteiger partial charge in [-0.15, -0.1) is 0 Å². The molecule has 0 aliphatic heterocycles. The van der Waals surface area contributed by atoms with E-state index in [2.05, 4.69) is 17.3 Å². The maximum Gasteiger partial charge on any atom is 0.231 e. The van der Waals surface area contributed by atoms with Crippen LogP contribution in [0.3, 0.4) is 0 Å². The van der Waals surface area contributed by atoms with E-state index < -0.39 is 0 Å². The maximum atomic E-state index is 10.1. The molecule has 1 amide bonds. The van der Waals surface area contributed by atoms with E-state index in [-0.39, 0.29) is 5.91 Å². The largest absolute Gasteiger partial charge is 0.369 e. The molecule has 1 aromatic heterocycles. The molecule has 0 saturated heterocycles. The molecule has 0 unspecified atom stereocenters. The van der Waals surface area contributed by atoms with E-state index in [1.807, 2.05) is 37.7 Å². The number of aryl methyl sites for hydroxylation is 2. The second-order valence-electron chi connectivity index (χ2n) is 5.02. The Balaban J connectivity index is 0.000000211. The summed E-state index contributed by atoms with van der Waals surface area (Å²) in [5.74, 6) is -0.267. The molecule has 1 aliphatic carbocycles. The first kappa shape index (κ1) is 18.5. The van der Waals surface area contributed by atoms with Crippen LogP contribution >= 0.6 is 11.6 Å². The average Bonchev–Trinajstić information content (AvgIpc) is 3.25. The monoisotopic (exact) mass is 324 g/mol. The van der Waals surface area contributed by atoms with Crippen molar-refractivity contribution in [3.05, 3.63) is 28.9 Å². The standard InChI is InChI=1S/C9H9ClN2.C5H10N2O.C2H6/c1-6-3-4-8(10)7-5-11-12(2)9(6)7;6-5(8)3-7-4-1-2-4;1-2/h3-5H,1-2H3;4,7H,1-3H2,(H2,6,8);1-2H3. The van der Waals surface area contributed by atoms with Gasteiger partial charge >= 0.3 is 0 Å². The number of aromatic nitrogens is 2. The van der Waals surface area contributed by atoms with Gasteiger partial charge in [0.2, 0.25) is 5.91 Å². The Hall–Kier alpha value is -1.59. The summed E-state index contributed by atoms with van der Waals surface area (Å²) in [5, 5.41) is 8.93. The van der Waals surface area contributed by atoms with Gasteiger partial charge in [0.25, 0.3) is 0 Å². The summed E-state index contributed by atoms with van der Waals surface area (Å²) in [6.07, 6.45) is 4.20. The summed E-state index contributed by atoms with van der Waals surface area (Å²) < 4.78 is 1.84. The van der Waals surface area contributed by atoms with Crippen LogP contribution in [0, 0.1) is 6.92 Å². The van der Waals surface area contributed by atoms with Gasteiger partial charge in [-0.3, -0.25) is 9.48 Å². The van der Waals surface area contributed by atoms with Crippen LogP contribution in [-0.2, 0) is 11.8 Å². The zero-order valence-electron chi connectivity index (χ0n) is 13.7. The van der Waals surface area contributed by atoms with E-state index in [0.717, 1.165) is 15.9 Å². The molecule has 122 valence electrons. The summed E-state index contributed by atoms with van der Waals surface area (Å²) in [6, 6.07) is 4.50. The Morgan fingerprint density at radius 2 is 2.09 bits per heavy atom. The quantitative estimate of drug-likeness (QED) is 0.911. The first-order chi connectivity index (χ1) is 10.5. The zero-order chi connectivity index (χ0) is 16.7. The van der Waals surface area contributed by atoms with Crippen molar-refractivity contribution in [2.45, 2.75) is 39.7 Å². The predicted molar refractivity (Wildman–Crippen MR) is 92.0 cm³/mol. The van der Waals surface area contributed by atoms with E-state index in [1.54, 1.807) is 6.20 Å². The third kappa shape index (κ3) is 5.31. The van der Waals surface area contributed by atoms with Gasteiger partial charge in [0, 0.05) is 18.5 Å². The fraction of sp³-hybridized carbons (Fsp3) is 0.500. The van der Waals surface area contributed by atoms with Gasteiger partial charge < -0.3 is 11.1 Å². The Labute approximate surface area is 136 Å². The molecule has 3 N–H and O–H groups in total. The Morgan fingerprint density at radius 1 is 1.45 bits per heavy atom. The number of rotatable bonds is 3. The summed E-state index contributed by atoms with van der Waals surface area (Å²) >= 11 is 5.99. The fourth-order valence-electron chi connectivity index (χ4n) is 1.98. The smallest absolute Gasteiger partial charge is 0.231 e. The lowest BCUT2D eigenvalue weighted by atomic mass is 10.2. The second kappa shape index (κ2) is 8.76. The molecule has 5 nitrogen and oxygen atoms in total. The third-order valence-corrected chi connectivity index (χ3v) is 3.52. The molecule has 1 aromatic carbocycles. The molecule has 0 bridgehead atoms. The minimum absolute atomic E-state index is 0.267. The van der Waals surface area contributed by atoms with Crippen molar-refractivity contribution in [3.8, 4) is 0 Å². The number of hydrogen-bond donors (Lipinski definition) is 2. The summed E-state index contributed by atoms with van der Waals surface area (Å²) in [4.78, 5) is 10.1. The van der Waals surface area contributed by atoms with Crippen molar-refractivity contribution in [1.29, 1.82) is 0 Å². The van der Waals surface area contributed by atoms with Crippen molar-refractivity contribution >= 4 is 28.4 Å². The van der Waals surface area contributed by atoms with Gasteiger partial charge in [0.1, 0.15) is 0 Å². The highest BCUT2D eigenvalue weighted by atomic mass is 35.5. The van der Waals surface area contributed by atoms with Crippen LogP contribution in [0.4, 0.5) is 0 Å². The topological polar surface area (TPSA) is 72.9 Å². The Kier molecular flexibility index (Phi) is 7.35. The van der Waals surface area contributed by atoms with Crippen LogP contribution in [0.15, 0.2) is 18.3 Å². The number of hydrogen-bond acceptors (Lipinski definition) is 3.